The molecule has 0 bridgehead atoms. The van der Waals surface area contributed by atoms with Crippen LogP contribution in [0.2, 0.25) is 0 Å². The van der Waals surface area contributed by atoms with Crippen molar-refractivity contribution in [3.8, 4) is 0 Å². The van der Waals surface area contributed by atoms with Crippen LogP contribution in [0, 0.1) is 17.5 Å². The first-order valence-corrected chi connectivity index (χ1v) is 12.0. The molecule has 1 fully saturated rings. The highest BCUT2D eigenvalue weighted by Gasteiger charge is 2.29. The SMILES string of the molecule is COCCCn1c(C2CCCN(C(=O)CC(N)Cc3cc(F)c(F)cc3F)C2)nc2ccccc21. The van der Waals surface area contributed by atoms with E-state index in [4.69, 9.17) is 15.5 Å². The first kappa shape index (κ1) is 25.2. The molecule has 2 aromatic carbocycles. The number of ether oxygens (including phenoxy) is 1. The molecule has 35 heavy (non-hydrogen) atoms. The quantitative estimate of drug-likeness (QED) is 0.363. The number of benzene rings is 2. The zero-order chi connectivity index (χ0) is 24.9. The highest BCUT2D eigenvalue weighted by Crippen LogP contribution is 2.30. The summed E-state index contributed by atoms with van der Waals surface area (Å²) in [5.74, 6) is -2.32. The van der Waals surface area contributed by atoms with Gasteiger partial charge < -0.3 is 19.9 Å². The Kier molecular flexibility index (Phi) is 8.07. The van der Waals surface area contributed by atoms with Crippen LogP contribution in [0.3, 0.4) is 0 Å². The number of methoxy groups -OCH3 is 1. The molecular weight excluding hydrogens is 457 g/mol. The Labute approximate surface area is 202 Å². The third-order valence-electron chi connectivity index (χ3n) is 6.56. The van der Waals surface area contributed by atoms with Crippen molar-refractivity contribution in [1.29, 1.82) is 0 Å². The third-order valence-corrected chi connectivity index (χ3v) is 6.56. The summed E-state index contributed by atoms with van der Waals surface area (Å²) >= 11 is 0. The van der Waals surface area contributed by atoms with Gasteiger partial charge in [0.2, 0.25) is 5.91 Å². The first-order chi connectivity index (χ1) is 16.9. The maximum absolute atomic E-state index is 14.0. The van der Waals surface area contributed by atoms with Gasteiger partial charge in [0, 0.05) is 57.8 Å². The van der Waals surface area contributed by atoms with Gasteiger partial charge in [-0.25, -0.2) is 18.2 Å². The molecule has 9 heteroatoms. The van der Waals surface area contributed by atoms with Crippen LogP contribution in [0.15, 0.2) is 36.4 Å². The predicted octanol–water partition coefficient (Wildman–Crippen LogP) is 4.16. The molecule has 0 spiro atoms. The maximum atomic E-state index is 14.0. The number of fused-ring (bicyclic) bond motifs is 1. The minimum atomic E-state index is -1.25. The fourth-order valence-electron chi connectivity index (χ4n) is 4.85. The molecule has 1 aromatic heterocycles. The van der Waals surface area contributed by atoms with Crippen LogP contribution >= 0.6 is 0 Å². The molecule has 1 aliphatic rings. The van der Waals surface area contributed by atoms with E-state index in [1.807, 2.05) is 18.2 Å². The Morgan fingerprint density at radius 3 is 2.77 bits per heavy atom. The van der Waals surface area contributed by atoms with Crippen LogP contribution in [0.25, 0.3) is 11.0 Å². The molecule has 6 nitrogen and oxygen atoms in total. The van der Waals surface area contributed by atoms with Crippen molar-refractivity contribution in [1.82, 2.24) is 14.5 Å². The minimum Gasteiger partial charge on any atom is -0.385 e. The Balaban J connectivity index is 1.44. The number of para-hydroxylation sites is 2. The van der Waals surface area contributed by atoms with Crippen LogP contribution in [-0.4, -0.2) is 53.2 Å². The van der Waals surface area contributed by atoms with Crippen molar-refractivity contribution >= 4 is 16.9 Å². The number of amides is 1. The van der Waals surface area contributed by atoms with Crippen molar-refractivity contribution in [2.24, 2.45) is 5.73 Å². The summed E-state index contributed by atoms with van der Waals surface area (Å²) in [7, 11) is 1.68. The summed E-state index contributed by atoms with van der Waals surface area (Å²) in [4.78, 5) is 19.7. The normalized spacial score (nSPS) is 17.2. The molecule has 1 saturated heterocycles. The molecular formula is C26H31F3N4O2. The predicted molar refractivity (Wildman–Crippen MR) is 127 cm³/mol. The highest BCUT2D eigenvalue weighted by atomic mass is 19.2. The van der Waals surface area contributed by atoms with Crippen LogP contribution in [-0.2, 0) is 22.5 Å². The van der Waals surface area contributed by atoms with E-state index in [0.29, 0.717) is 25.8 Å². The topological polar surface area (TPSA) is 73.4 Å². The van der Waals surface area contributed by atoms with Gasteiger partial charge in [-0.05, 0) is 49.4 Å². The van der Waals surface area contributed by atoms with Gasteiger partial charge in [0.05, 0.1) is 11.0 Å². The van der Waals surface area contributed by atoms with Crippen molar-refractivity contribution in [2.75, 3.05) is 26.8 Å². The van der Waals surface area contributed by atoms with E-state index < -0.39 is 23.5 Å². The number of imidazole rings is 1. The van der Waals surface area contributed by atoms with E-state index >= 15 is 0 Å². The number of nitrogens with zero attached hydrogens (tertiary/aromatic N) is 3. The average Bonchev–Trinajstić information content (AvgIpc) is 3.21. The second kappa shape index (κ2) is 11.2. The molecule has 2 atom stereocenters. The molecule has 2 N–H and O–H groups in total. The average molecular weight is 489 g/mol. The smallest absolute Gasteiger partial charge is 0.224 e. The molecule has 3 aromatic rings. The summed E-state index contributed by atoms with van der Waals surface area (Å²) < 4.78 is 48.1. The van der Waals surface area contributed by atoms with Gasteiger partial charge in [0.1, 0.15) is 11.6 Å². The number of piperidine rings is 1. The molecule has 1 aliphatic heterocycles. The van der Waals surface area contributed by atoms with Crippen LogP contribution in [0.5, 0.6) is 0 Å². The number of nitrogens with two attached hydrogens (primary N) is 1. The lowest BCUT2D eigenvalue weighted by atomic mass is 9.96. The Morgan fingerprint density at radius 1 is 1.20 bits per heavy atom. The second-order valence-corrected chi connectivity index (χ2v) is 9.16. The fourth-order valence-corrected chi connectivity index (χ4v) is 4.85. The van der Waals surface area contributed by atoms with Gasteiger partial charge in [0.15, 0.2) is 11.6 Å². The van der Waals surface area contributed by atoms with Crippen molar-refractivity contribution in [2.45, 2.75) is 50.6 Å². The number of carbonyl (C=O) groups excluding carboxylic acids is 1. The second-order valence-electron chi connectivity index (χ2n) is 9.16. The lowest BCUT2D eigenvalue weighted by Crippen LogP contribution is -2.42. The van der Waals surface area contributed by atoms with E-state index in [0.717, 1.165) is 48.7 Å². The van der Waals surface area contributed by atoms with Crippen LogP contribution < -0.4 is 5.73 Å². The number of aromatic nitrogens is 2. The molecule has 0 aliphatic carbocycles. The highest BCUT2D eigenvalue weighted by molar-refractivity contribution is 5.77. The minimum absolute atomic E-state index is 0.00455. The monoisotopic (exact) mass is 488 g/mol. The summed E-state index contributed by atoms with van der Waals surface area (Å²) in [6.45, 7) is 2.57. The molecule has 188 valence electrons. The van der Waals surface area contributed by atoms with E-state index in [1.54, 1.807) is 12.0 Å². The zero-order valence-corrected chi connectivity index (χ0v) is 19.9. The summed E-state index contributed by atoms with van der Waals surface area (Å²) in [6.07, 6.45) is 2.56. The van der Waals surface area contributed by atoms with Gasteiger partial charge in [0.25, 0.3) is 0 Å². The van der Waals surface area contributed by atoms with E-state index in [9.17, 15) is 18.0 Å². The summed E-state index contributed by atoms with van der Waals surface area (Å²) in [6, 6.07) is 8.61. The van der Waals surface area contributed by atoms with Gasteiger partial charge in [-0.2, -0.15) is 0 Å². The number of likely N-dealkylation sites (tertiary alicyclic amines) is 1. The maximum Gasteiger partial charge on any atom is 0.224 e. The van der Waals surface area contributed by atoms with E-state index in [2.05, 4.69) is 10.6 Å². The number of halogens is 3. The fraction of sp³-hybridized carbons (Fsp3) is 0.462. The lowest BCUT2D eigenvalue weighted by Gasteiger charge is -2.33. The van der Waals surface area contributed by atoms with Crippen LogP contribution in [0.1, 0.15) is 43.0 Å². The number of hydrogen-bond acceptors (Lipinski definition) is 4. The number of aryl methyl sites for hydroxylation is 1. The zero-order valence-electron chi connectivity index (χ0n) is 19.9. The Morgan fingerprint density at radius 2 is 1.97 bits per heavy atom. The molecule has 2 heterocycles. The Hall–Kier alpha value is -2.91. The van der Waals surface area contributed by atoms with Crippen molar-refractivity contribution in [3.05, 3.63) is 65.2 Å². The van der Waals surface area contributed by atoms with Crippen LogP contribution in [0.4, 0.5) is 13.2 Å². The van der Waals surface area contributed by atoms with Gasteiger partial charge in [-0.3, -0.25) is 4.79 Å². The largest absolute Gasteiger partial charge is 0.385 e. The molecule has 0 radical (unpaired) electrons. The van der Waals surface area contributed by atoms with Crippen molar-refractivity contribution < 1.29 is 22.7 Å². The van der Waals surface area contributed by atoms with E-state index in [1.165, 1.54) is 0 Å². The number of hydrogen-bond donors (Lipinski definition) is 1. The summed E-state index contributed by atoms with van der Waals surface area (Å²) in [5, 5.41) is 0. The van der Waals surface area contributed by atoms with Gasteiger partial charge >= 0.3 is 0 Å². The Bertz CT molecular complexity index is 1180. The summed E-state index contributed by atoms with van der Waals surface area (Å²) in [5.41, 5.74) is 8.06. The third kappa shape index (κ3) is 5.85. The molecule has 2 unspecified atom stereocenters. The number of rotatable bonds is 9. The van der Waals surface area contributed by atoms with Crippen molar-refractivity contribution in [3.63, 3.8) is 0 Å². The molecule has 0 saturated carbocycles. The first-order valence-electron chi connectivity index (χ1n) is 12.0. The molecule has 1 amide bonds. The number of carbonyl (C=O) groups is 1. The van der Waals surface area contributed by atoms with Gasteiger partial charge in [-0.1, -0.05) is 12.1 Å². The molecule has 4 rings (SSSR count). The lowest BCUT2D eigenvalue weighted by molar-refractivity contribution is -0.132. The van der Waals surface area contributed by atoms with E-state index in [-0.39, 0.29) is 30.2 Å². The van der Waals surface area contributed by atoms with Gasteiger partial charge in [-0.15, -0.1) is 0 Å². The standard InChI is InChI=1S/C26H31F3N4O2/c1-35-11-5-10-33-24-8-3-2-7-23(24)31-26(33)17-6-4-9-32(16-17)25(34)14-19(30)12-18-13-21(28)22(29)15-20(18)27/h2-3,7-8,13,15,17,19H,4-6,9-12,14,16,30H2,1H3.